The van der Waals surface area contributed by atoms with Gasteiger partial charge in [0.1, 0.15) is 18.4 Å². The van der Waals surface area contributed by atoms with Crippen molar-refractivity contribution in [3.63, 3.8) is 0 Å². The molecule has 2 aromatic rings. The monoisotopic (exact) mass is 365 g/mol. The average molecular weight is 365 g/mol. The third kappa shape index (κ3) is 4.78. The van der Waals surface area contributed by atoms with Gasteiger partial charge in [0.2, 0.25) is 0 Å². The van der Waals surface area contributed by atoms with E-state index in [2.05, 4.69) is 11.0 Å². The van der Waals surface area contributed by atoms with Crippen LogP contribution < -0.4 is 4.74 Å². The molecule has 3 rings (SSSR count). The van der Waals surface area contributed by atoms with Crippen molar-refractivity contribution in [2.75, 3.05) is 33.3 Å². The predicted octanol–water partition coefficient (Wildman–Crippen LogP) is 3.21. The minimum Gasteiger partial charge on any atom is -0.497 e. The van der Waals surface area contributed by atoms with Gasteiger partial charge in [-0.25, -0.2) is 4.79 Å². The summed E-state index contributed by atoms with van der Waals surface area (Å²) in [5, 5.41) is 9.64. The van der Waals surface area contributed by atoms with Crippen molar-refractivity contribution >= 4 is 6.09 Å². The second kappa shape index (κ2) is 9.06. The molecule has 1 aliphatic heterocycles. The smallest absolute Gasteiger partial charge is 0.410 e. The molecule has 1 atom stereocenters. The molecule has 140 valence electrons. The van der Waals surface area contributed by atoms with Crippen LogP contribution in [0.3, 0.4) is 0 Å². The molecule has 6 heteroatoms. The van der Waals surface area contributed by atoms with Gasteiger partial charge in [-0.1, -0.05) is 42.5 Å². The SMILES string of the molecule is COc1cccc(C(C#N)N2CCN(C(=O)OCc3ccccc3)CC2)c1. The lowest BCUT2D eigenvalue weighted by Gasteiger charge is -2.36. The quantitative estimate of drug-likeness (QED) is 0.814. The molecule has 1 amide bonds. The number of carbonyl (C=O) groups excluding carboxylic acids is 1. The van der Waals surface area contributed by atoms with Gasteiger partial charge in [-0.2, -0.15) is 5.26 Å². The molecular weight excluding hydrogens is 342 g/mol. The molecule has 1 aliphatic rings. The van der Waals surface area contributed by atoms with Crippen molar-refractivity contribution in [1.29, 1.82) is 5.26 Å². The molecule has 0 aromatic heterocycles. The molecule has 0 spiro atoms. The molecule has 0 N–H and O–H groups in total. The van der Waals surface area contributed by atoms with E-state index in [9.17, 15) is 10.1 Å². The second-order valence-electron chi connectivity index (χ2n) is 6.37. The van der Waals surface area contributed by atoms with Crippen molar-refractivity contribution < 1.29 is 14.3 Å². The second-order valence-corrected chi connectivity index (χ2v) is 6.37. The predicted molar refractivity (Wildman–Crippen MR) is 101 cm³/mol. The van der Waals surface area contributed by atoms with Gasteiger partial charge in [-0.15, -0.1) is 0 Å². The van der Waals surface area contributed by atoms with E-state index in [4.69, 9.17) is 9.47 Å². The molecule has 1 heterocycles. The van der Waals surface area contributed by atoms with Crippen LogP contribution in [0.4, 0.5) is 4.79 Å². The summed E-state index contributed by atoms with van der Waals surface area (Å²) in [4.78, 5) is 16.0. The molecule has 0 bridgehead atoms. The molecule has 1 fully saturated rings. The summed E-state index contributed by atoms with van der Waals surface area (Å²) >= 11 is 0. The Bertz CT molecular complexity index is 796. The van der Waals surface area contributed by atoms with Gasteiger partial charge in [-0.3, -0.25) is 4.90 Å². The third-order valence-electron chi connectivity index (χ3n) is 4.67. The molecular formula is C21H23N3O3. The number of nitrogens with zero attached hydrogens (tertiary/aromatic N) is 3. The van der Waals surface area contributed by atoms with Crippen LogP contribution in [0.2, 0.25) is 0 Å². The Balaban J connectivity index is 1.54. The van der Waals surface area contributed by atoms with Gasteiger partial charge in [-0.05, 0) is 23.3 Å². The van der Waals surface area contributed by atoms with Crippen molar-refractivity contribution in [3.8, 4) is 11.8 Å². The molecule has 2 aromatic carbocycles. The summed E-state index contributed by atoms with van der Waals surface area (Å²) in [6, 6.07) is 19.2. The fourth-order valence-corrected chi connectivity index (χ4v) is 3.15. The maximum absolute atomic E-state index is 12.3. The zero-order valence-corrected chi connectivity index (χ0v) is 15.4. The maximum atomic E-state index is 12.3. The summed E-state index contributed by atoms with van der Waals surface area (Å²) in [5.74, 6) is 0.732. The molecule has 0 aliphatic carbocycles. The first kappa shape index (κ1) is 18.7. The highest BCUT2D eigenvalue weighted by atomic mass is 16.6. The van der Waals surface area contributed by atoms with Gasteiger partial charge >= 0.3 is 6.09 Å². The van der Waals surface area contributed by atoms with Crippen LogP contribution in [0.5, 0.6) is 5.75 Å². The van der Waals surface area contributed by atoms with Crippen molar-refractivity contribution in [1.82, 2.24) is 9.80 Å². The van der Waals surface area contributed by atoms with Crippen molar-refractivity contribution in [2.24, 2.45) is 0 Å². The number of rotatable bonds is 5. The van der Waals surface area contributed by atoms with E-state index in [1.54, 1.807) is 12.0 Å². The van der Waals surface area contributed by atoms with Gasteiger partial charge in [0.25, 0.3) is 0 Å². The van der Waals surface area contributed by atoms with E-state index in [1.165, 1.54) is 0 Å². The van der Waals surface area contributed by atoms with Crippen LogP contribution in [0.15, 0.2) is 54.6 Å². The Hall–Kier alpha value is -3.04. The summed E-state index contributed by atoms with van der Waals surface area (Å²) in [6.45, 7) is 2.59. The molecule has 6 nitrogen and oxygen atoms in total. The van der Waals surface area contributed by atoms with Crippen LogP contribution in [0, 0.1) is 11.3 Å². The van der Waals surface area contributed by atoms with E-state index in [0.29, 0.717) is 26.2 Å². The zero-order chi connectivity index (χ0) is 19.1. The third-order valence-corrected chi connectivity index (χ3v) is 4.67. The van der Waals surface area contributed by atoms with E-state index in [0.717, 1.165) is 16.9 Å². The number of hydrogen-bond acceptors (Lipinski definition) is 5. The normalized spacial score (nSPS) is 15.6. The number of benzene rings is 2. The van der Waals surface area contributed by atoms with Gasteiger partial charge in [0.05, 0.1) is 13.2 Å². The Morgan fingerprint density at radius 1 is 1.11 bits per heavy atom. The van der Waals surface area contributed by atoms with E-state index < -0.39 is 0 Å². The highest BCUT2D eigenvalue weighted by molar-refractivity contribution is 5.67. The number of piperazine rings is 1. The van der Waals surface area contributed by atoms with E-state index >= 15 is 0 Å². The first-order valence-electron chi connectivity index (χ1n) is 8.94. The molecule has 1 saturated heterocycles. The van der Waals surface area contributed by atoms with Crippen LogP contribution in [0.25, 0.3) is 0 Å². The fourth-order valence-electron chi connectivity index (χ4n) is 3.15. The highest BCUT2D eigenvalue weighted by Gasteiger charge is 2.27. The standard InChI is InChI=1S/C21H23N3O3/c1-26-19-9-5-8-18(14-19)20(15-22)23-10-12-24(13-11-23)21(25)27-16-17-6-3-2-4-7-17/h2-9,14,20H,10-13,16H2,1H3. The maximum Gasteiger partial charge on any atom is 0.410 e. The van der Waals surface area contributed by atoms with E-state index in [1.807, 2.05) is 54.6 Å². The Kier molecular flexibility index (Phi) is 6.29. The Labute approximate surface area is 159 Å². The Morgan fingerprint density at radius 3 is 2.52 bits per heavy atom. The fraction of sp³-hybridized carbons (Fsp3) is 0.333. The summed E-state index contributed by atoms with van der Waals surface area (Å²) < 4.78 is 10.6. The van der Waals surface area contributed by atoms with Gasteiger partial charge in [0, 0.05) is 26.2 Å². The first-order chi connectivity index (χ1) is 13.2. The van der Waals surface area contributed by atoms with Crippen molar-refractivity contribution in [2.45, 2.75) is 12.6 Å². The minimum atomic E-state index is -0.359. The highest BCUT2D eigenvalue weighted by Crippen LogP contribution is 2.25. The molecule has 27 heavy (non-hydrogen) atoms. The topological polar surface area (TPSA) is 65.8 Å². The van der Waals surface area contributed by atoms with Gasteiger partial charge in [0.15, 0.2) is 0 Å². The molecule has 0 radical (unpaired) electrons. The summed E-state index contributed by atoms with van der Waals surface area (Å²) in [5.41, 5.74) is 1.86. The molecule has 0 saturated carbocycles. The first-order valence-corrected chi connectivity index (χ1v) is 8.94. The lowest BCUT2D eigenvalue weighted by molar-refractivity contribution is 0.0661. The number of amides is 1. The van der Waals surface area contributed by atoms with E-state index in [-0.39, 0.29) is 18.7 Å². The number of hydrogen-bond donors (Lipinski definition) is 0. The number of methoxy groups -OCH3 is 1. The lowest BCUT2D eigenvalue weighted by atomic mass is 10.1. The average Bonchev–Trinajstić information content (AvgIpc) is 2.74. The van der Waals surface area contributed by atoms with Crippen LogP contribution in [-0.4, -0.2) is 49.2 Å². The zero-order valence-electron chi connectivity index (χ0n) is 15.4. The number of carbonyl (C=O) groups is 1. The number of nitriles is 1. The molecule has 1 unspecified atom stereocenters. The summed E-state index contributed by atoms with van der Waals surface area (Å²) in [6.07, 6.45) is -0.312. The Morgan fingerprint density at radius 2 is 1.85 bits per heavy atom. The number of ether oxygens (including phenoxy) is 2. The van der Waals surface area contributed by atoms with Crippen molar-refractivity contribution in [3.05, 3.63) is 65.7 Å². The van der Waals surface area contributed by atoms with Gasteiger partial charge < -0.3 is 14.4 Å². The largest absolute Gasteiger partial charge is 0.497 e. The van der Waals surface area contributed by atoms with Crippen LogP contribution in [0.1, 0.15) is 17.2 Å². The summed E-state index contributed by atoms with van der Waals surface area (Å²) in [7, 11) is 1.61. The van der Waals surface area contributed by atoms with Crippen LogP contribution >= 0.6 is 0 Å². The van der Waals surface area contributed by atoms with Crippen LogP contribution in [-0.2, 0) is 11.3 Å². The lowest BCUT2D eigenvalue weighted by Crippen LogP contribution is -2.49. The minimum absolute atomic E-state index is 0.268.